The van der Waals surface area contributed by atoms with Crippen LogP contribution in [0.1, 0.15) is 31.2 Å². The maximum Gasteiger partial charge on any atom is 0.274 e. The van der Waals surface area contributed by atoms with E-state index in [4.69, 9.17) is 0 Å². The van der Waals surface area contributed by atoms with Crippen molar-refractivity contribution < 1.29 is 9.90 Å². The number of aliphatic hydroxyl groups excluding tert-OH is 1. The molecule has 0 aliphatic carbocycles. The van der Waals surface area contributed by atoms with Crippen molar-refractivity contribution in [3.8, 4) is 11.1 Å². The van der Waals surface area contributed by atoms with Crippen LogP contribution < -0.4 is 15.8 Å². The summed E-state index contributed by atoms with van der Waals surface area (Å²) in [5.41, 5.74) is 5.71. The lowest BCUT2D eigenvalue weighted by atomic mass is 9.96. The number of benzene rings is 1. The molecule has 0 amide bonds. The Labute approximate surface area is 215 Å². The fourth-order valence-corrected chi connectivity index (χ4v) is 5.98. The van der Waals surface area contributed by atoms with Crippen LogP contribution in [-0.2, 0) is 18.4 Å². The maximum absolute atomic E-state index is 13.2. The molecule has 3 aliphatic rings. The number of hydrogen-bond donors (Lipinski definition) is 2. The first kappa shape index (κ1) is 23.4. The quantitative estimate of drug-likeness (QED) is 0.554. The Kier molecular flexibility index (Phi) is 6.00. The lowest BCUT2D eigenvalue weighted by Crippen LogP contribution is -2.38. The molecule has 2 aromatic heterocycles. The molecule has 3 aliphatic heterocycles. The summed E-state index contributed by atoms with van der Waals surface area (Å²) < 4.78 is 1.53. The van der Waals surface area contributed by atoms with Gasteiger partial charge in [0.25, 0.3) is 5.56 Å². The van der Waals surface area contributed by atoms with Crippen LogP contribution in [0.5, 0.6) is 0 Å². The number of fused-ring (bicyclic) bond motifs is 2. The van der Waals surface area contributed by atoms with Gasteiger partial charge in [0.1, 0.15) is 17.8 Å². The van der Waals surface area contributed by atoms with E-state index in [1.54, 1.807) is 31.6 Å². The largest absolute Gasteiger partial charge is 0.392 e. The molecule has 1 fully saturated rings. The number of Topliss-reactive ketones (excluding diaryl/α,β-unsaturated/α-hetero) is 1. The number of ketones is 1. The monoisotopic (exact) mass is 498 g/mol. The van der Waals surface area contributed by atoms with E-state index >= 15 is 0 Å². The van der Waals surface area contributed by atoms with Crippen molar-refractivity contribution >= 4 is 23.0 Å². The van der Waals surface area contributed by atoms with Gasteiger partial charge in [-0.15, -0.1) is 0 Å². The van der Waals surface area contributed by atoms with Gasteiger partial charge >= 0.3 is 0 Å². The van der Waals surface area contributed by atoms with E-state index in [1.165, 1.54) is 16.6 Å². The SMILES string of the molecule is Cn1cc(-c2cccc(N3CCC4=C(C3)C(=O)C3CCCCN43)c2CO)cc(Nc2ccncn2)c1=O. The molecule has 1 saturated heterocycles. The number of nitrogens with one attached hydrogen (secondary N) is 1. The van der Waals surface area contributed by atoms with Crippen LogP contribution in [0.3, 0.4) is 0 Å². The smallest absolute Gasteiger partial charge is 0.274 e. The first-order valence-electron chi connectivity index (χ1n) is 12.8. The number of piperidine rings is 1. The zero-order chi connectivity index (χ0) is 25.5. The second-order valence-corrected chi connectivity index (χ2v) is 9.91. The molecular weight excluding hydrogens is 468 g/mol. The Balaban J connectivity index is 1.35. The molecule has 0 saturated carbocycles. The first-order valence-corrected chi connectivity index (χ1v) is 12.8. The summed E-state index contributed by atoms with van der Waals surface area (Å²) in [6.45, 7) is 2.17. The number of aryl methyl sites for hydroxylation is 1. The Morgan fingerprint density at radius 3 is 2.86 bits per heavy atom. The Morgan fingerprint density at radius 2 is 2.05 bits per heavy atom. The molecule has 6 rings (SSSR count). The van der Waals surface area contributed by atoms with Crippen molar-refractivity contribution in [2.75, 3.05) is 29.9 Å². The van der Waals surface area contributed by atoms with E-state index in [2.05, 4.69) is 25.1 Å². The molecule has 0 bridgehead atoms. The molecule has 5 heterocycles. The summed E-state index contributed by atoms with van der Waals surface area (Å²) in [6, 6.07) is 9.44. The molecule has 1 unspecified atom stereocenters. The average molecular weight is 499 g/mol. The summed E-state index contributed by atoms with van der Waals surface area (Å²) in [6.07, 6.45) is 8.85. The van der Waals surface area contributed by atoms with Crippen molar-refractivity contribution in [2.45, 2.75) is 38.3 Å². The zero-order valence-electron chi connectivity index (χ0n) is 20.9. The van der Waals surface area contributed by atoms with Gasteiger partial charge < -0.3 is 24.8 Å². The van der Waals surface area contributed by atoms with Crippen LogP contribution in [-0.4, -0.2) is 56.0 Å². The van der Waals surface area contributed by atoms with E-state index < -0.39 is 0 Å². The van der Waals surface area contributed by atoms with Crippen LogP contribution in [0.15, 0.2) is 65.1 Å². The Morgan fingerprint density at radius 1 is 1.16 bits per heavy atom. The predicted molar refractivity (Wildman–Crippen MR) is 142 cm³/mol. The van der Waals surface area contributed by atoms with Crippen LogP contribution in [0.2, 0.25) is 0 Å². The van der Waals surface area contributed by atoms with Crippen molar-refractivity contribution in [1.29, 1.82) is 0 Å². The van der Waals surface area contributed by atoms with Crippen LogP contribution in [0, 0.1) is 0 Å². The normalized spacial score (nSPS) is 19.2. The van der Waals surface area contributed by atoms with Gasteiger partial charge in [0.05, 0.1) is 12.6 Å². The number of aromatic nitrogens is 3. The summed E-state index contributed by atoms with van der Waals surface area (Å²) in [5.74, 6) is 0.801. The van der Waals surface area contributed by atoms with E-state index in [0.717, 1.165) is 66.7 Å². The highest BCUT2D eigenvalue weighted by atomic mass is 16.3. The van der Waals surface area contributed by atoms with Gasteiger partial charge in [-0.1, -0.05) is 12.1 Å². The lowest BCUT2D eigenvalue weighted by molar-refractivity contribution is -0.119. The van der Waals surface area contributed by atoms with Gasteiger partial charge in [-0.3, -0.25) is 9.59 Å². The topological polar surface area (TPSA) is 104 Å². The molecule has 3 aromatic rings. The third-order valence-electron chi connectivity index (χ3n) is 7.75. The number of carbonyl (C=O) groups excluding carboxylic acids is 1. The molecule has 9 nitrogen and oxygen atoms in total. The van der Waals surface area contributed by atoms with E-state index in [9.17, 15) is 14.7 Å². The molecular formula is C28H30N6O3. The third-order valence-corrected chi connectivity index (χ3v) is 7.75. The van der Waals surface area contributed by atoms with Gasteiger partial charge in [0.15, 0.2) is 5.78 Å². The van der Waals surface area contributed by atoms with Crippen LogP contribution in [0.4, 0.5) is 17.2 Å². The molecule has 1 atom stereocenters. The maximum atomic E-state index is 13.2. The van der Waals surface area contributed by atoms with Gasteiger partial charge in [-0.25, -0.2) is 9.97 Å². The van der Waals surface area contributed by atoms with Crippen molar-refractivity contribution in [3.05, 3.63) is 76.2 Å². The molecule has 0 spiro atoms. The minimum atomic E-state index is -0.184. The minimum Gasteiger partial charge on any atom is -0.392 e. The number of carbonyl (C=O) groups is 1. The van der Waals surface area contributed by atoms with Gasteiger partial charge in [0, 0.05) is 73.6 Å². The van der Waals surface area contributed by atoms with Crippen molar-refractivity contribution in [3.63, 3.8) is 0 Å². The molecule has 2 N–H and O–H groups in total. The standard InChI is InChI=1S/C28H30N6O3/c1-32-14-18(13-22(28(32)37)31-26-8-10-29-17-30-26)19-5-4-7-23(21(19)16-35)33-12-9-24-20(15-33)27(36)25-6-2-3-11-34(24)25/h4-5,7-8,10,13-14,17,25,35H,2-3,6,9,11-12,15-16H2,1H3,(H,29,30,31). The number of hydrogen-bond acceptors (Lipinski definition) is 8. The minimum absolute atomic E-state index is 0.0220. The summed E-state index contributed by atoms with van der Waals surface area (Å²) >= 11 is 0. The van der Waals surface area contributed by atoms with Crippen molar-refractivity contribution in [1.82, 2.24) is 19.4 Å². The second kappa shape index (κ2) is 9.48. The van der Waals surface area contributed by atoms with Gasteiger partial charge in [-0.2, -0.15) is 0 Å². The predicted octanol–water partition coefficient (Wildman–Crippen LogP) is 2.98. The van der Waals surface area contributed by atoms with Crippen LogP contribution >= 0.6 is 0 Å². The lowest BCUT2D eigenvalue weighted by Gasteiger charge is -2.36. The second-order valence-electron chi connectivity index (χ2n) is 9.91. The molecule has 9 heteroatoms. The molecule has 1 aromatic carbocycles. The first-order chi connectivity index (χ1) is 18.0. The summed E-state index contributed by atoms with van der Waals surface area (Å²) in [7, 11) is 1.71. The third kappa shape index (κ3) is 4.09. The molecule has 190 valence electrons. The highest BCUT2D eigenvalue weighted by molar-refractivity contribution is 6.04. The number of rotatable bonds is 5. The number of pyridine rings is 1. The van der Waals surface area contributed by atoms with Crippen molar-refractivity contribution in [2.24, 2.45) is 7.05 Å². The summed E-state index contributed by atoms with van der Waals surface area (Å²) in [5, 5.41) is 13.6. The fraction of sp³-hybridized carbons (Fsp3) is 0.357. The van der Waals surface area contributed by atoms with E-state index in [-0.39, 0.29) is 24.0 Å². The number of aliphatic hydroxyl groups is 1. The average Bonchev–Trinajstić information content (AvgIpc) is 3.22. The zero-order valence-corrected chi connectivity index (χ0v) is 20.9. The van der Waals surface area contributed by atoms with Gasteiger partial charge in [0.2, 0.25) is 0 Å². The number of nitrogens with zero attached hydrogens (tertiary/aromatic N) is 5. The highest BCUT2D eigenvalue weighted by Gasteiger charge is 2.42. The van der Waals surface area contributed by atoms with E-state index in [1.807, 2.05) is 18.2 Å². The fourth-order valence-electron chi connectivity index (χ4n) is 5.98. The van der Waals surface area contributed by atoms with Crippen LogP contribution in [0.25, 0.3) is 11.1 Å². The molecule has 0 radical (unpaired) electrons. The number of anilines is 3. The van der Waals surface area contributed by atoms with Gasteiger partial charge in [-0.05, 0) is 43.0 Å². The molecule has 37 heavy (non-hydrogen) atoms. The van der Waals surface area contributed by atoms with E-state index in [0.29, 0.717) is 18.1 Å². The highest BCUT2D eigenvalue weighted by Crippen LogP contribution is 2.40. The summed E-state index contributed by atoms with van der Waals surface area (Å²) in [4.78, 5) is 38.7. The Bertz CT molecular complexity index is 1450. The Hall–Kier alpha value is -3.98.